The highest BCUT2D eigenvalue weighted by Crippen LogP contribution is 2.25. The Balaban J connectivity index is 1.78. The lowest BCUT2D eigenvalue weighted by molar-refractivity contribution is 0.0641. The molecule has 0 aliphatic carbocycles. The Kier molecular flexibility index (Phi) is 4.24. The molecule has 1 aliphatic rings. The zero-order valence-corrected chi connectivity index (χ0v) is 12.8. The van der Waals surface area contributed by atoms with Crippen LogP contribution in [0.15, 0.2) is 36.5 Å². The number of halogens is 2. The van der Waals surface area contributed by atoms with Gasteiger partial charge in [-0.3, -0.25) is 14.5 Å². The first-order valence-electron chi connectivity index (χ1n) is 7.29. The van der Waals surface area contributed by atoms with Gasteiger partial charge in [0.05, 0.1) is 17.7 Å². The van der Waals surface area contributed by atoms with E-state index in [2.05, 4.69) is 4.98 Å². The maximum atomic E-state index is 12.3. The number of benzene rings is 1. The number of carbonyl (C=O) groups excluding carboxylic acids is 2. The molecule has 1 aromatic heterocycles. The van der Waals surface area contributed by atoms with Gasteiger partial charge in [0.1, 0.15) is 0 Å². The number of aryl methyl sites for hydroxylation is 1. The van der Waals surface area contributed by atoms with Crippen LogP contribution in [-0.2, 0) is 6.54 Å². The fourth-order valence-corrected chi connectivity index (χ4v) is 2.50. The summed E-state index contributed by atoms with van der Waals surface area (Å²) in [6.07, 6.45) is -1.15. The second-order valence-electron chi connectivity index (χ2n) is 5.39. The number of hydrogen-bond donors (Lipinski definition) is 0. The minimum atomic E-state index is -2.58. The minimum absolute atomic E-state index is 0.0697. The van der Waals surface area contributed by atoms with Crippen molar-refractivity contribution in [3.63, 3.8) is 0 Å². The van der Waals surface area contributed by atoms with E-state index in [-0.39, 0.29) is 24.2 Å². The lowest BCUT2D eigenvalue weighted by Gasteiger charge is -2.16. The van der Waals surface area contributed by atoms with Gasteiger partial charge in [-0.15, -0.1) is 0 Å². The van der Waals surface area contributed by atoms with Crippen LogP contribution >= 0.6 is 0 Å². The van der Waals surface area contributed by atoms with E-state index in [9.17, 15) is 18.4 Å². The quantitative estimate of drug-likeness (QED) is 0.790. The number of imide groups is 1. The normalized spacial score (nSPS) is 13.6. The molecule has 0 bridgehead atoms. The average Bonchev–Trinajstić information content (AvgIpc) is 2.80. The summed E-state index contributed by atoms with van der Waals surface area (Å²) in [6, 6.07) is 8.14. The van der Waals surface area contributed by atoms with Gasteiger partial charge in [-0.2, -0.15) is 0 Å². The molecular weight excluding hydrogens is 318 g/mol. The highest BCUT2D eigenvalue weighted by molar-refractivity contribution is 6.21. The predicted octanol–water partition coefficient (Wildman–Crippen LogP) is 2.83. The highest BCUT2D eigenvalue weighted by atomic mass is 19.3. The Morgan fingerprint density at radius 3 is 2.33 bits per heavy atom. The fourth-order valence-electron chi connectivity index (χ4n) is 2.50. The van der Waals surface area contributed by atoms with Crippen molar-refractivity contribution in [1.29, 1.82) is 0 Å². The molecule has 1 aliphatic heterocycles. The number of fused-ring (bicyclic) bond motifs is 1. The van der Waals surface area contributed by atoms with Gasteiger partial charge in [0.2, 0.25) is 5.88 Å². The van der Waals surface area contributed by atoms with Crippen LogP contribution in [0.5, 0.6) is 5.88 Å². The van der Waals surface area contributed by atoms with Crippen LogP contribution in [0.1, 0.15) is 31.8 Å². The van der Waals surface area contributed by atoms with Gasteiger partial charge in [-0.25, -0.2) is 13.8 Å². The smallest absolute Gasteiger partial charge is 0.272 e. The molecule has 0 fully saturated rings. The summed E-state index contributed by atoms with van der Waals surface area (Å²) in [5.74, 6) is -0.625. The maximum Gasteiger partial charge on any atom is 0.272 e. The Hall–Kier alpha value is -2.83. The lowest BCUT2D eigenvalue weighted by atomic mass is 10.1. The van der Waals surface area contributed by atoms with Crippen LogP contribution in [0, 0.1) is 6.92 Å². The largest absolute Gasteiger partial charge is 0.472 e. The molecule has 1 aromatic carbocycles. The molecule has 124 valence electrons. The SMILES string of the molecule is Cc1cc(OCC(F)F)ncc1CN1C(=O)c2ccccc2C1=O. The standard InChI is InChI=1S/C17H14F2N2O3/c1-10-6-15(24-9-14(18)19)20-7-11(10)8-21-16(22)12-4-2-3-5-13(12)17(21)23/h2-7,14H,8-9H2,1H3. The summed E-state index contributed by atoms with van der Waals surface area (Å²) in [4.78, 5) is 29.8. The Morgan fingerprint density at radius 2 is 1.79 bits per heavy atom. The van der Waals surface area contributed by atoms with Crippen molar-refractivity contribution in [3.8, 4) is 5.88 Å². The van der Waals surface area contributed by atoms with Crippen molar-refractivity contribution in [2.75, 3.05) is 6.61 Å². The van der Waals surface area contributed by atoms with Gasteiger partial charge in [-0.1, -0.05) is 12.1 Å². The van der Waals surface area contributed by atoms with Crippen LogP contribution in [0.3, 0.4) is 0 Å². The molecule has 2 amide bonds. The zero-order chi connectivity index (χ0) is 17.3. The summed E-state index contributed by atoms with van der Waals surface area (Å²) in [6.45, 7) is 1.08. The zero-order valence-electron chi connectivity index (χ0n) is 12.8. The third-order valence-electron chi connectivity index (χ3n) is 3.76. The molecule has 3 rings (SSSR count). The van der Waals surface area contributed by atoms with Gasteiger partial charge < -0.3 is 4.74 Å². The molecule has 0 atom stereocenters. The summed E-state index contributed by atoms with van der Waals surface area (Å²) >= 11 is 0. The number of alkyl halides is 2. The van der Waals surface area contributed by atoms with Crippen molar-refractivity contribution >= 4 is 11.8 Å². The van der Waals surface area contributed by atoms with Crippen molar-refractivity contribution in [2.24, 2.45) is 0 Å². The first kappa shape index (κ1) is 16.0. The van der Waals surface area contributed by atoms with Crippen LogP contribution in [0.4, 0.5) is 8.78 Å². The van der Waals surface area contributed by atoms with E-state index in [4.69, 9.17) is 4.74 Å². The van der Waals surface area contributed by atoms with Crippen LogP contribution in [0.2, 0.25) is 0 Å². The maximum absolute atomic E-state index is 12.3. The van der Waals surface area contributed by atoms with E-state index in [1.807, 2.05) is 0 Å². The van der Waals surface area contributed by atoms with Gasteiger partial charge in [0.15, 0.2) is 6.61 Å². The fraction of sp³-hybridized carbons (Fsp3) is 0.235. The second-order valence-corrected chi connectivity index (χ2v) is 5.39. The molecule has 0 saturated carbocycles. The molecule has 0 N–H and O–H groups in total. The molecule has 7 heteroatoms. The topological polar surface area (TPSA) is 59.5 Å². The molecule has 0 unspecified atom stereocenters. The van der Waals surface area contributed by atoms with Crippen LogP contribution < -0.4 is 4.74 Å². The number of amides is 2. The van der Waals surface area contributed by atoms with Gasteiger partial charge in [0.25, 0.3) is 18.2 Å². The number of aromatic nitrogens is 1. The average molecular weight is 332 g/mol. The number of carbonyl (C=O) groups is 2. The van der Waals surface area contributed by atoms with Crippen molar-refractivity contribution < 1.29 is 23.1 Å². The number of pyridine rings is 1. The number of ether oxygens (including phenoxy) is 1. The Bertz CT molecular complexity index is 773. The van der Waals surface area contributed by atoms with Crippen LogP contribution in [-0.4, -0.2) is 34.7 Å². The van der Waals surface area contributed by atoms with E-state index in [0.717, 1.165) is 4.90 Å². The lowest BCUT2D eigenvalue weighted by Crippen LogP contribution is -2.29. The van der Waals surface area contributed by atoms with E-state index < -0.39 is 13.0 Å². The molecular formula is C17H14F2N2O3. The summed E-state index contributed by atoms with van der Waals surface area (Å²) in [5.41, 5.74) is 2.11. The molecule has 2 aromatic rings. The number of nitrogens with zero attached hydrogens (tertiary/aromatic N) is 2. The van der Waals surface area contributed by atoms with Gasteiger partial charge >= 0.3 is 0 Å². The minimum Gasteiger partial charge on any atom is -0.472 e. The van der Waals surface area contributed by atoms with E-state index in [1.54, 1.807) is 31.2 Å². The second kappa shape index (κ2) is 6.35. The molecule has 0 spiro atoms. The van der Waals surface area contributed by atoms with Crippen molar-refractivity contribution in [1.82, 2.24) is 9.88 Å². The third kappa shape index (κ3) is 2.97. The van der Waals surface area contributed by atoms with Crippen molar-refractivity contribution in [2.45, 2.75) is 19.9 Å². The Morgan fingerprint density at radius 1 is 1.17 bits per heavy atom. The van der Waals surface area contributed by atoms with Crippen LogP contribution in [0.25, 0.3) is 0 Å². The summed E-state index contributed by atoms with van der Waals surface area (Å²) < 4.78 is 29.2. The predicted molar refractivity (Wildman–Crippen MR) is 81.1 cm³/mol. The molecule has 24 heavy (non-hydrogen) atoms. The first-order valence-corrected chi connectivity index (χ1v) is 7.29. The Labute approximate surface area is 136 Å². The first-order chi connectivity index (χ1) is 11.5. The monoisotopic (exact) mass is 332 g/mol. The van der Waals surface area contributed by atoms with Gasteiger partial charge in [0, 0.05) is 12.3 Å². The van der Waals surface area contributed by atoms with E-state index in [0.29, 0.717) is 22.3 Å². The summed E-state index contributed by atoms with van der Waals surface area (Å²) in [7, 11) is 0. The number of rotatable bonds is 5. The van der Waals surface area contributed by atoms with Crippen molar-refractivity contribution in [3.05, 3.63) is 58.8 Å². The molecule has 0 saturated heterocycles. The highest BCUT2D eigenvalue weighted by Gasteiger charge is 2.35. The van der Waals surface area contributed by atoms with Gasteiger partial charge in [-0.05, 0) is 30.2 Å². The van der Waals surface area contributed by atoms with E-state index in [1.165, 1.54) is 12.3 Å². The number of hydrogen-bond acceptors (Lipinski definition) is 4. The molecule has 5 nitrogen and oxygen atoms in total. The third-order valence-corrected chi connectivity index (χ3v) is 3.76. The van der Waals surface area contributed by atoms with E-state index >= 15 is 0 Å². The molecule has 2 heterocycles. The molecule has 0 radical (unpaired) electrons. The summed E-state index contributed by atoms with van der Waals surface area (Å²) in [5, 5.41) is 0.